The average Bonchev–Trinajstić information content (AvgIpc) is 2.53. The molecule has 2 rings (SSSR count). The number of alkyl halides is 3. The molecule has 0 radical (unpaired) electrons. The molecule has 0 saturated carbocycles. The van der Waals surface area contributed by atoms with Crippen LogP contribution in [0.4, 0.5) is 24.5 Å². The molecule has 2 aromatic rings. The SMILES string of the molecule is Cc1ccc(SCC(=O)Nc2ccc([N+](=O)[O-])cc2C(F)(F)F)c(C)c1. The third-order valence-electron chi connectivity index (χ3n) is 3.48. The van der Waals surface area contributed by atoms with Crippen molar-refractivity contribution in [3.05, 3.63) is 63.2 Å². The predicted molar refractivity (Wildman–Crippen MR) is 93.4 cm³/mol. The molecule has 138 valence electrons. The number of aryl methyl sites for hydroxylation is 2. The van der Waals surface area contributed by atoms with Crippen LogP contribution in [-0.2, 0) is 11.0 Å². The lowest BCUT2D eigenvalue weighted by atomic mass is 10.1. The molecule has 9 heteroatoms. The smallest absolute Gasteiger partial charge is 0.325 e. The highest BCUT2D eigenvalue weighted by atomic mass is 32.2. The van der Waals surface area contributed by atoms with E-state index in [1.807, 2.05) is 32.0 Å². The van der Waals surface area contributed by atoms with Crippen molar-refractivity contribution in [2.24, 2.45) is 0 Å². The minimum atomic E-state index is -4.82. The van der Waals surface area contributed by atoms with Gasteiger partial charge in [0, 0.05) is 17.0 Å². The Bertz CT molecular complexity index is 854. The third kappa shape index (κ3) is 4.98. The molecule has 0 aliphatic rings. The summed E-state index contributed by atoms with van der Waals surface area (Å²) in [6.07, 6.45) is -4.82. The molecule has 1 amide bonds. The number of rotatable bonds is 5. The molecule has 2 aromatic carbocycles. The zero-order chi connectivity index (χ0) is 19.5. The number of amides is 1. The van der Waals surface area contributed by atoms with Crippen LogP contribution in [0, 0.1) is 24.0 Å². The lowest BCUT2D eigenvalue weighted by Gasteiger charge is -2.14. The highest BCUT2D eigenvalue weighted by Gasteiger charge is 2.35. The number of hydrogen-bond donors (Lipinski definition) is 1. The summed E-state index contributed by atoms with van der Waals surface area (Å²) in [6, 6.07) is 7.88. The van der Waals surface area contributed by atoms with Crippen molar-refractivity contribution in [2.75, 3.05) is 11.1 Å². The molecule has 0 heterocycles. The van der Waals surface area contributed by atoms with Gasteiger partial charge in [0.05, 0.1) is 21.9 Å². The van der Waals surface area contributed by atoms with Gasteiger partial charge >= 0.3 is 6.18 Å². The summed E-state index contributed by atoms with van der Waals surface area (Å²) in [5, 5.41) is 12.9. The number of nitrogens with one attached hydrogen (secondary N) is 1. The normalized spacial score (nSPS) is 11.3. The zero-order valence-corrected chi connectivity index (χ0v) is 14.7. The molecular formula is C17H15F3N2O3S. The van der Waals surface area contributed by atoms with Gasteiger partial charge < -0.3 is 5.32 Å². The van der Waals surface area contributed by atoms with Gasteiger partial charge in [0.2, 0.25) is 5.91 Å². The van der Waals surface area contributed by atoms with E-state index in [2.05, 4.69) is 5.32 Å². The first kappa shape index (κ1) is 19.8. The maximum atomic E-state index is 13.1. The van der Waals surface area contributed by atoms with Crippen molar-refractivity contribution >= 4 is 29.0 Å². The molecule has 0 bridgehead atoms. The quantitative estimate of drug-likeness (QED) is 0.449. The van der Waals surface area contributed by atoms with Gasteiger partial charge in [-0.15, -0.1) is 11.8 Å². The van der Waals surface area contributed by atoms with E-state index >= 15 is 0 Å². The molecule has 5 nitrogen and oxygen atoms in total. The number of non-ortho nitro benzene ring substituents is 1. The fourth-order valence-corrected chi connectivity index (χ4v) is 3.09. The van der Waals surface area contributed by atoms with Crippen LogP contribution in [0.15, 0.2) is 41.3 Å². The number of carbonyl (C=O) groups excluding carboxylic acids is 1. The maximum absolute atomic E-state index is 13.1. The third-order valence-corrected chi connectivity index (χ3v) is 4.66. The largest absolute Gasteiger partial charge is 0.418 e. The van der Waals surface area contributed by atoms with E-state index < -0.39 is 33.9 Å². The Kier molecular flexibility index (Phi) is 5.91. The summed E-state index contributed by atoms with van der Waals surface area (Å²) in [5.41, 5.74) is -0.419. The zero-order valence-electron chi connectivity index (χ0n) is 13.9. The molecule has 0 spiro atoms. The van der Waals surface area contributed by atoms with Crippen LogP contribution in [0.25, 0.3) is 0 Å². The average molecular weight is 384 g/mol. The Labute approximate surface area is 151 Å². The molecule has 0 aromatic heterocycles. The maximum Gasteiger partial charge on any atom is 0.418 e. The Hall–Kier alpha value is -2.55. The van der Waals surface area contributed by atoms with Gasteiger partial charge in [-0.3, -0.25) is 14.9 Å². The molecule has 26 heavy (non-hydrogen) atoms. The van der Waals surface area contributed by atoms with E-state index in [0.717, 1.165) is 28.2 Å². The van der Waals surface area contributed by atoms with E-state index in [1.54, 1.807) is 0 Å². The van der Waals surface area contributed by atoms with Crippen LogP contribution in [-0.4, -0.2) is 16.6 Å². The number of thioether (sulfide) groups is 1. The van der Waals surface area contributed by atoms with E-state index in [-0.39, 0.29) is 5.75 Å². The molecule has 1 N–H and O–H groups in total. The van der Waals surface area contributed by atoms with E-state index in [4.69, 9.17) is 0 Å². The Morgan fingerprint density at radius 1 is 1.19 bits per heavy atom. The minimum Gasteiger partial charge on any atom is -0.325 e. The summed E-state index contributed by atoms with van der Waals surface area (Å²) >= 11 is 1.20. The Morgan fingerprint density at radius 2 is 1.88 bits per heavy atom. The van der Waals surface area contributed by atoms with Crippen molar-refractivity contribution in [3.63, 3.8) is 0 Å². The molecule has 0 fully saturated rings. The molecule has 0 unspecified atom stereocenters. The Balaban J connectivity index is 2.14. The molecule has 0 aliphatic heterocycles. The first-order chi connectivity index (χ1) is 12.1. The van der Waals surface area contributed by atoms with Gasteiger partial charge in [-0.1, -0.05) is 17.7 Å². The molecular weight excluding hydrogens is 369 g/mol. The van der Waals surface area contributed by atoms with Crippen molar-refractivity contribution in [1.82, 2.24) is 0 Å². The fourth-order valence-electron chi connectivity index (χ4n) is 2.28. The minimum absolute atomic E-state index is 0.0851. The summed E-state index contributed by atoms with van der Waals surface area (Å²) in [4.78, 5) is 22.6. The predicted octanol–water partition coefficient (Wildman–Crippen LogP) is 4.96. The molecule has 0 atom stereocenters. The van der Waals surface area contributed by atoms with Crippen molar-refractivity contribution in [2.45, 2.75) is 24.9 Å². The molecule has 0 aliphatic carbocycles. The number of halogens is 3. The second kappa shape index (κ2) is 7.77. The van der Waals surface area contributed by atoms with Gasteiger partial charge in [-0.05, 0) is 31.5 Å². The first-order valence-electron chi connectivity index (χ1n) is 7.43. The number of hydrogen-bond acceptors (Lipinski definition) is 4. The van der Waals surface area contributed by atoms with Crippen LogP contribution in [0.3, 0.4) is 0 Å². The number of benzene rings is 2. The first-order valence-corrected chi connectivity index (χ1v) is 8.42. The van der Waals surface area contributed by atoms with E-state index in [0.29, 0.717) is 6.07 Å². The summed E-state index contributed by atoms with van der Waals surface area (Å²) < 4.78 is 39.3. The van der Waals surface area contributed by atoms with Gasteiger partial charge in [0.25, 0.3) is 5.69 Å². The van der Waals surface area contributed by atoms with E-state index in [9.17, 15) is 28.1 Å². The number of nitro benzene ring substituents is 1. The second-order valence-electron chi connectivity index (χ2n) is 5.59. The number of anilines is 1. The van der Waals surface area contributed by atoms with Crippen LogP contribution >= 0.6 is 11.8 Å². The highest BCUT2D eigenvalue weighted by molar-refractivity contribution is 8.00. The van der Waals surface area contributed by atoms with Crippen LogP contribution < -0.4 is 5.32 Å². The van der Waals surface area contributed by atoms with Gasteiger partial charge in [0.1, 0.15) is 0 Å². The van der Waals surface area contributed by atoms with Crippen molar-refractivity contribution in [1.29, 1.82) is 0 Å². The number of nitrogens with zero attached hydrogens (tertiary/aromatic N) is 1. The van der Waals surface area contributed by atoms with Crippen molar-refractivity contribution in [3.8, 4) is 0 Å². The standard InChI is InChI=1S/C17H15F3N2O3S/c1-10-3-6-15(11(2)7-10)26-9-16(23)21-14-5-4-12(22(24)25)8-13(14)17(18,19)20/h3-8H,9H2,1-2H3,(H,21,23). The number of nitro groups is 1. The van der Waals surface area contributed by atoms with E-state index in [1.165, 1.54) is 11.8 Å². The van der Waals surface area contributed by atoms with Gasteiger partial charge in [-0.2, -0.15) is 13.2 Å². The lowest BCUT2D eigenvalue weighted by Crippen LogP contribution is -2.18. The van der Waals surface area contributed by atoms with Gasteiger partial charge in [0.15, 0.2) is 0 Å². The summed E-state index contributed by atoms with van der Waals surface area (Å²) in [7, 11) is 0. The number of carbonyl (C=O) groups is 1. The summed E-state index contributed by atoms with van der Waals surface area (Å²) in [5.74, 6) is -0.715. The lowest BCUT2D eigenvalue weighted by molar-refractivity contribution is -0.385. The van der Waals surface area contributed by atoms with Crippen LogP contribution in [0.2, 0.25) is 0 Å². The fraction of sp³-hybridized carbons (Fsp3) is 0.235. The van der Waals surface area contributed by atoms with Gasteiger partial charge in [-0.25, -0.2) is 0 Å². The highest BCUT2D eigenvalue weighted by Crippen LogP contribution is 2.37. The second-order valence-corrected chi connectivity index (χ2v) is 6.61. The van der Waals surface area contributed by atoms with Crippen LogP contribution in [0.5, 0.6) is 0 Å². The topological polar surface area (TPSA) is 72.2 Å². The molecule has 0 saturated heterocycles. The monoisotopic (exact) mass is 384 g/mol. The van der Waals surface area contributed by atoms with Crippen LogP contribution in [0.1, 0.15) is 16.7 Å². The van der Waals surface area contributed by atoms with Crippen molar-refractivity contribution < 1.29 is 22.9 Å². The summed E-state index contributed by atoms with van der Waals surface area (Å²) in [6.45, 7) is 3.81. The Morgan fingerprint density at radius 3 is 2.46 bits per heavy atom.